The summed E-state index contributed by atoms with van der Waals surface area (Å²) in [6.07, 6.45) is 0.370. The minimum Gasteiger partial charge on any atom is -0.465 e. The third kappa shape index (κ3) is 2.22. The van der Waals surface area contributed by atoms with Crippen LogP contribution >= 0.6 is 11.3 Å². The fourth-order valence-electron chi connectivity index (χ4n) is 1.65. The van der Waals surface area contributed by atoms with Crippen molar-refractivity contribution < 1.29 is 14.3 Å². The smallest absolute Gasteiger partial charge is 0.341 e. The fourth-order valence-corrected chi connectivity index (χ4v) is 2.76. The Morgan fingerprint density at radius 3 is 2.72 bits per heavy atom. The molecule has 0 fully saturated rings. The molecule has 0 bridgehead atoms. The number of thiophene rings is 1. The van der Waals surface area contributed by atoms with Gasteiger partial charge in [0.25, 0.3) is 0 Å². The monoisotopic (exact) mass is 263 g/mol. The minimum absolute atomic E-state index is 0.119. The van der Waals surface area contributed by atoms with Gasteiger partial charge in [-0.05, 0) is 6.07 Å². The summed E-state index contributed by atoms with van der Waals surface area (Å²) in [5, 5.41) is 4.10. The molecule has 94 valence electrons. The minimum atomic E-state index is -0.432. The van der Waals surface area contributed by atoms with Crippen LogP contribution in [0.4, 0.5) is 5.00 Å². The lowest BCUT2D eigenvalue weighted by molar-refractivity contribution is -0.115. The zero-order valence-electron chi connectivity index (χ0n) is 10.1. The Bertz CT molecular complexity index is 603. The second-order valence-electron chi connectivity index (χ2n) is 3.70. The van der Waals surface area contributed by atoms with Crippen LogP contribution in [0.2, 0.25) is 0 Å². The van der Waals surface area contributed by atoms with E-state index in [0.717, 1.165) is 10.1 Å². The van der Waals surface area contributed by atoms with E-state index >= 15 is 0 Å². The average Bonchev–Trinajstić information content (AvgIpc) is 2.75. The van der Waals surface area contributed by atoms with Crippen LogP contribution < -0.4 is 5.32 Å². The third-order valence-electron chi connectivity index (χ3n) is 2.56. The van der Waals surface area contributed by atoms with Crippen LogP contribution in [0.5, 0.6) is 0 Å². The second kappa shape index (κ2) is 5.18. The fraction of sp³-hybridized carbons (Fsp3) is 0.231. The molecule has 0 radical (unpaired) electrons. The van der Waals surface area contributed by atoms with Crippen molar-refractivity contribution in [1.29, 1.82) is 0 Å². The summed E-state index contributed by atoms with van der Waals surface area (Å²) in [7, 11) is 1.33. The van der Waals surface area contributed by atoms with E-state index in [1.807, 2.05) is 24.3 Å². The molecule has 0 aliphatic heterocycles. The molecule has 2 rings (SSSR count). The number of amides is 1. The SMILES string of the molecule is CCC(=O)Nc1sc2ccccc2c1C(=O)OC. The molecule has 5 heteroatoms. The molecular weight excluding hydrogens is 250 g/mol. The molecule has 0 spiro atoms. The zero-order valence-corrected chi connectivity index (χ0v) is 11.0. The summed E-state index contributed by atoms with van der Waals surface area (Å²) in [6.45, 7) is 1.76. The third-order valence-corrected chi connectivity index (χ3v) is 3.65. The molecule has 18 heavy (non-hydrogen) atoms. The van der Waals surface area contributed by atoms with E-state index in [0.29, 0.717) is 17.0 Å². The number of hydrogen-bond acceptors (Lipinski definition) is 4. The van der Waals surface area contributed by atoms with Gasteiger partial charge in [-0.25, -0.2) is 4.79 Å². The number of carbonyl (C=O) groups excluding carboxylic acids is 2. The van der Waals surface area contributed by atoms with Gasteiger partial charge >= 0.3 is 5.97 Å². The van der Waals surface area contributed by atoms with Gasteiger partial charge in [0.1, 0.15) is 10.6 Å². The van der Waals surface area contributed by atoms with Crippen molar-refractivity contribution in [2.24, 2.45) is 0 Å². The van der Waals surface area contributed by atoms with Gasteiger partial charge < -0.3 is 10.1 Å². The highest BCUT2D eigenvalue weighted by Crippen LogP contribution is 2.36. The first-order chi connectivity index (χ1) is 8.67. The van der Waals surface area contributed by atoms with Crippen LogP contribution in [0.15, 0.2) is 24.3 Å². The Morgan fingerprint density at radius 1 is 1.33 bits per heavy atom. The number of rotatable bonds is 3. The van der Waals surface area contributed by atoms with E-state index in [1.165, 1.54) is 18.4 Å². The van der Waals surface area contributed by atoms with Gasteiger partial charge in [0, 0.05) is 16.5 Å². The molecule has 1 aromatic heterocycles. The second-order valence-corrected chi connectivity index (χ2v) is 4.75. The molecule has 0 aliphatic carbocycles. The Hall–Kier alpha value is -1.88. The summed E-state index contributed by atoms with van der Waals surface area (Å²) >= 11 is 1.38. The Kier molecular flexibility index (Phi) is 3.62. The number of fused-ring (bicyclic) bond motifs is 1. The lowest BCUT2D eigenvalue weighted by atomic mass is 10.1. The lowest BCUT2D eigenvalue weighted by Crippen LogP contribution is -2.12. The van der Waals surface area contributed by atoms with Crippen molar-refractivity contribution in [3.05, 3.63) is 29.8 Å². The summed E-state index contributed by atoms with van der Waals surface area (Å²) in [5.74, 6) is -0.550. The summed E-state index contributed by atoms with van der Waals surface area (Å²) in [6, 6.07) is 7.51. The summed E-state index contributed by atoms with van der Waals surface area (Å²) in [5.41, 5.74) is 0.430. The molecule has 4 nitrogen and oxygen atoms in total. The Balaban J connectivity index is 2.57. The predicted molar refractivity (Wildman–Crippen MR) is 72.1 cm³/mol. The van der Waals surface area contributed by atoms with Crippen molar-refractivity contribution in [3.63, 3.8) is 0 Å². The molecular formula is C13H13NO3S. The maximum Gasteiger partial charge on any atom is 0.341 e. The van der Waals surface area contributed by atoms with Gasteiger partial charge in [-0.1, -0.05) is 25.1 Å². The zero-order chi connectivity index (χ0) is 13.1. The molecule has 0 saturated heterocycles. The molecule has 0 aliphatic rings. The number of nitrogens with one attached hydrogen (secondary N) is 1. The molecule has 1 N–H and O–H groups in total. The maximum absolute atomic E-state index is 11.8. The van der Waals surface area contributed by atoms with Gasteiger partial charge in [0.05, 0.1) is 7.11 Å². The van der Waals surface area contributed by atoms with Crippen molar-refractivity contribution in [2.75, 3.05) is 12.4 Å². The molecule has 2 aromatic rings. The van der Waals surface area contributed by atoms with Gasteiger partial charge in [-0.2, -0.15) is 0 Å². The predicted octanol–water partition coefficient (Wildman–Crippen LogP) is 3.04. The highest BCUT2D eigenvalue weighted by molar-refractivity contribution is 7.23. The number of carbonyl (C=O) groups is 2. The number of esters is 1. The van der Waals surface area contributed by atoms with Crippen molar-refractivity contribution in [1.82, 2.24) is 0 Å². The quantitative estimate of drug-likeness (QED) is 0.866. The molecule has 1 heterocycles. The summed E-state index contributed by atoms with van der Waals surface area (Å²) < 4.78 is 5.72. The van der Waals surface area contributed by atoms with E-state index < -0.39 is 5.97 Å². The molecule has 0 saturated carbocycles. The van der Waals surface area contributed by atoms with Gasteiger partial charge in [-0.3, -0.25) is 4.79 Å². The standard InChI is InChI=1S/C13H13NO3S/c1-3-10(15)14-12-11(13(16)17-2)8-6-4-5-7-9(8)18-12/h4-7H,3H2,1-2H3,(H,14,15). The number of benzene rings is 1. The van der Waals surface area contributed by atoms with Crippen LogP contribution in [-0.4, -0.2) is 19.0 Å². The summed E-state index contributed by atoms with van der Waals surface area (Å²) in [4.78, 5) is 23.3. The number of anilines is 1. The lowest BCUT2D eigenvalue weighted by Gasteiger charge is -2.03. The molecule has 0 atom stereocenters. The average molecular weight is 263 g/mol. The first kappa shape index (κ1) is 12.6. The van der Waals surface area contributed by atoms with E-state index in [2.05, 4.69) is 5.32 Å². The van der Waals surface area contributed by atoms with Crippen LogP contribution in [-0.2, 0) is 9.53 Å². The Labute approximate surface area is 109 Å². The van der Waals surface area contributed by atoms with Crippen LogP contribution in [0.1, 0.15) is 23.7 Å². The van der Waals surface area contributed by atoms with E-state index in [9.17, 15) is 9.59 Å². The van der Waals surface area contributed by atoms with Crippen LogP contribution in [0, 0.1) is 0 Å². The normalized spacial score (nSPS) is 10.3. The van der Waals surface area contributed by atoms with E-state index in [-0.39, 0.29) is 5.91 Å². The van der Waals surface area contributed by atoms with E-state index in [1.54, 1.807) is 6.92 Å². The highest BCUT2D eigenvalue weighted by Gasteiger charge is 2.20. The van der Waals surface area contributed by atoms with Crippen molar-refractivity contribution >= 4 is 38.3 Å². The van der Waals surface area contributed by atoms with Gasteiger partial charge in [0.15, 0.2) is 0 Å². The largest absolute Gasteiger partial charge is 0.465 e. The Morgan fingerprint density at radius 2 is 2.06 bits per heavy atom. The van der Waals surface area contributed by atoms with Gasteiger partial charge in [0.2, 0.25) is 5.91 Å². The molecule has 1 amide bonds. The first-order valence-corrected chi connectivity index (χ1v) is 6.38. The number of methoxy groups -OCH3 is 1. The first-order valence-electron chi connectivity index (χ1n) is 5.57. The number of hydrogen-bond donors (Lipinski definition) is 1. The van der Waals surface area contributed by atoms with Gasteiger partial charge in [-0.15, -0.1) is 11.3 Å². The van der Waals surface area contributed by atoms with Crippen LogP contribution in [0.25, 0.3) is 10.1 Å². The molecule has 1 aromatic carbocycles. The van der Waals surface area contributed by atoms with Crippen LogP contribution in [0.3, 0.4) is 0 Å². The van der Waals surface area contributed by atoms with E-state index in [4.69, 9.17) is 4.74 Å². The molecule has 0 unspecified atom stereocenters. The van der Waals surface area contributed by atoms with Crippen molar-refractivity contribution in [3.8, 4) is 0 Å². The maximum atomic E-state index is 11.8. The topological polar surface area (TPSA) is 55.4 Å². The van der Waals surface area contributed by atoms with Crippen molar-refractivity contribution in [2.45, 2.75) is 13.3 Å². The highest BCUT2D eigenvalue weighted by atomic mass is 32.1. The number of ether oxygens (including phenoxy) is 1.